The third-order valence-electron chi connectivity index (χ3n) is 4.65. The van der Waals surface area contributed by atoms with E-state index >= 15 is 0 Å². The highest BCUT2D eigenvalue weighted by Gasteiger charge is 2.24. The largest absolute Gasteiger partial charge is 0.368 e. The van der Waals surface area contributed by atoms with Gasteiger partial charge in [0.05, 0.1) is 10.6 Å². The van der Waals surface area contributed by atoms with Gasteiger partial charge >= 0.3 is 0 Å². The van der Waals surface area contributed by atoms with Gasteiger partial charge < -0.3 is 9.80 Å². The number of benzene rings is 1. The first kappa shape index (κ1) is 13.8. The van der Waals surface area contributed by atoms with Crippen LogP contribution in [0.3, 0.4) is 0 Å². The Morgan fingerprint density at radius 3 is 2.59 bits per heavy atom. The average Bonchev–Trinajstić information content (AvgIpc) is 2.99. The normalized spacial score (nSPS) is 18.5. The number of rotatable bonds is 1. The summed E-state index contributed by atoms with van der Waals surface area (Å²) in [6.45, 7) is 8.80. The lowest BCUT2D eigenvalue weighted by atomic mass is 9.98. The zero-order valence-corrected chi connectivity index (χ0v) is 13.7. The molecule has 2 aliphatic rings. The van der Waals surface area contributed by atoms with Crippen LogP contribution in [0.4, 0.5) is 0 Å². The van der Waals surface area contributed by atoms with Crippen LogP contribution >= 0.6 is 11.3 Å². The molecule has 0 bridgehead atoms. The second-order valence-corrected chi connectivity index (χ2v) is 6.97. The molecule has 0 unspecified atom stereocenters. The number of nitrogens with zero attached hydrogens (tertiary/aromatic N) is 2. The van der Waals surface area contributed by atoms with E-state index in [-0.39, 0.29) is 0 Å². The molecule has 2 heterocycles. The van der Waals surface area contributed by atoms with E-state index in [1.165, 1.54) is 27.3 Å². The van der Waals surface area contributed by atoms with Gasteiger partial charge in [-0.3, -0.25) is 0 Å². The van der Waals surface area contributed by atoms with Crippen molar-refractivity contribution in [2.75, 3.05) is 33.2 Å². The highest BCUT2D eigenvalue weighted by Crippen LogP contribution is 2.40. The Morgan fingerprint density at radius 1 is 1.00 bits per heavy atom. The van der Waals surface area contributed by atoms with Crippen LogP contribution in [0, 0.1) is 0 Å². The van der Waals surface area contributed by atoms with Crippen LogP contribution < -0.4 is 0 Å². The number of thiophene rings is 1. The predicted octanol–water partition coefficient (Wildman–Crippen LogP) is 3.87. The minimum atomic E-state index is 1.09. The zero-order chi connectivity index (χ0) is 15.1. The molecule has 3 heteroatoms. The smallest absolute Gasteiger partial charge is 0.0582 e. The molecule has 2 aromatic rings. The number of likely N-dealkylation sites (N-methyl/N-ethyl adjacent to an activating group) is 1. The van der Waals surface area contributed by atoms with Gasteiger partial charge in [0.1, 0.15) is 0 Å². The molecule has 1 aromatic heterocycles. The highest BCUT2D eigenvalue weighted by atomic mass is 32.1. The fourth-order valence-electron chi connectivity index (χ4n) is 3.28. The van der Waals surface area contributed by atoms with Crippen LogP contribution in [0.15, 0.2) is 42.3 Å². The third kappa shape index (κ3) is 2.21. The number of hydrogen-bond acceptors (Lipinski definition) is 3. The van der Waals surface area contributed by atoms with Gasteiger partial charge in [-0.1, -0.05) is 30.8 Å². The molecule has 0 radical (unpaired) electrons. The molecule has 1 fully saturated rings. The molecule has 0 atom stereocenters. The summed E-state index contributed by atoms with van der Waals surface area (Å²) < 4.78 is 0. The van der Waals surface area contributed by atoms with E-state index in [2.05, 4.69) is 65.2 Å². The van der Waals surface area contributed by atoms with E-state index in [1.54, 1.807) is 0 Å². The first-order valence-corrected chi connectivity index (χ1v) is 8.64. The monoisotopic (exact) mass is 308 g/mol. The maximum absolute atomic E-state index is 4.37. The molecule has 22 heavy (non-hydrogen) atoms. The van der Waals surface area contributed by atoms with Crippen LogP contribution in [0.25, 0.3) is 17.3 Å². The van der Waals surface area contributed by atoms with E-state index in [1.807, 2.05) is 11.3 Å². The molecule has 1 saturated heterocycles. The van der Waals surface area contributed by atoms with Crippen molar-refractivity contribution in [1.82, 2.24) is 9.80 Å². The average molecular weight is 308 g/mol. The highest BCUT2D eigenvalue weighted by molar-refractivity contribution is 7.11. The summed E-state index contributed by atoms with van der Waals surface area (Å²) in [7, 11) is 2.20. The Balaban J connectivity index is 1.85. The van der Waals surface area contributed by atoms with Crippen molar-refractivity contribution < 1.29 is 0 Å². The van der Waals surface area contributed by atoms with Gasteiger partial charge in [-0.2, -0.15) is 0 Å². The molecule has 112 valence electrons. The number of piperazine rings is 1. The van der Waals surface area contributed by atoms with Gasteiger partial charge in [-0.05, 0) is 41.3 Å². The molecular formula is C19H20N2S. The molecule has 0 spiro atoms. The first-order valence-electron chi connectivity index (χ1n) is 7.76. The van der Waals surface area contributed by atoms with Gasteiger partial charge in [0.15, 0.2) is 0 Å². The Bertz CT molecular complexity index is 748. The topological polar surface area (TPSA) is 6.48 Å². The van der Waals surface area contributed by atoms with Gasteiger partial charge in [-0.25, -0.2) is 0 Å². The molecule has 4 rings (SSSR count). The summed E-state index contributed by atoms with van der Waals surface area (Å²) in [5.74, 6) is 0. The molecule has 0 amide bonds. The van der Waals surface area contributed by atoms with Gasteiger partial charge in [0.2, 0.25) is 0 Å². The summed E-state index contributed by atoms with van der Waals surface area (Å²) in [5, 5.41) is 2.19. The summed E-state index contributed by atoms with van der Waals surface area (Å²) in [6, 6.07) is 10.8. The SMILES string of the molecule is C=C1c2ccccc2C=C(N2CCN(C)CC2)c2sccc21. The molecule has 0 saturated carbocycles. The summed E-state index contributed by atoms with van der Waals surface area (Å²) in [6.07, 6.45) is 2.36. The van der Waals surface area contributed by atoms with E-state index in [0.29, 0.717) is 0 Å². The second-order valence-electron chi connectivity index (χ2n) is 6.05. The molecule has 0 N–H and O–H groups in total. The van der Waals surface area contributed by atoms with Crippen molar-refractivity contribution in [1.29, 1.82) is 0 Å². The van der Waals surface area contributed by atoms with Crippen LogP contribution in [0.5, 0.6) is 0 Å². The van der Waals surface area contributed by atoms with E-state index in [4.69, 9.17) is 0 Å². The molecular weight excluding hydrogens is 288 g/mol. The summed E-state index contributed by atoms with van der Waals surface area (Å²) >= 11 is 1.83. The quantitative estimate of drug-likeness (QED) is 0.789. The molecule has 2 nitrogen and oxygen atoms in total. The van der Waals surface area contributed by atoms with Crippen molar-refractivity contribution in [3.8, 4) is 0 Å². The zero-order valence-electron chi connectivity index (χ0n) is 12.9. The van der Waals surface area contributed by atoms with Crippen molar-refractivity contribution in [2.45, 2.75) is 0 Å². The Labute approximate surface area is 136 Å². The van der Waals surface area contributed by atoms with Gasteiger partial charge in [-0.15, -0.1) is 11.3 Å². The lowest BCUT2D eigenvalue weighted by Crippen LogP contribution is -2.43. The number of fused-ring (bicyclic) bond motifs is 2. The third-order valence-corrected chi connectivity index (χ3v) is 5.58. The fraction of sp³-hybridized carbons (Fsp3) is 0.263. The van der Waals surface area contributed by atoms with Gasteiger partial charge in [0.25, 0.3) is 0 Å². The predicted molar refractivity (Wildman–Crippen MR) is 95.8 cm³/mol. The standard InChI is InChI=1S/C19H20N2S/c1-14-16-6-4-3-5-15(16)13-18(19-17(14)7-12-22-19)21-10-8-20(2)9-11-21/h3-7,12-13H,1,8-11H2,2H3. The second kappa shape index (κ2) is 5.41. The van der Waals surface area contributed by atoms with Crippen molar-refractivity contribution in [2.24, 2.45) is 0 Å². The Morgan fingerprint density at radius 2 is 1.77 bits per heavy atom. The lowest BCUT2D eigenvalue weighted by Gasteiger charge is -2.35. The van der Waals surface area contributed by atoms with Crippen LogP contribution in [0.1, 0.15) is 21.6 Å². The van der Waals surface area contributed by atoms with Crippen LogP contribution in [0.2, 0.25) is 0 Å². The van der Waals surface area contributed by atoms with Gasteiger partial charge in [0, 0.05) is 31.7 Å². The minimum absolute atomic E-state index is 1.09. The minimum Gasteiger partial charge on any atom is -0.368 e. The van der Waals surface area contributed by atoms with E-state index in [0.717, 1.165) is 31.8 Å². The fourth-order valence-corrected chi connectivity index (χ4v) is 4.25. The van der Waals surface area contributed by atoms with Crippen molar-refractivity contribution in [3.05, 3.63) is 63.9 Å². The van der Waals surface area contributed by atoms with Crippen LogP contribution in [-0.2, 0) is 0 Å². The Hall–Kier alpha value is -1.84. The first-order chi connectivity index (χ1) is 10.7. The van der Waals surface area contributed by atoms with Crippen molar-refractivity contribution in [3.63, 3.8) is 0 Å². The van der Waals surface area contributed by atoms with Crippen molar-refractivity contribution >= 4 is 28.7 Å². The maximum atomic E-state index is 4.37. The molecule has 1 aliphatic heterocycles. The van der Waals surface area contributed by atoms with Crippen LogP contribution in [-0.4, -0.2) is 43.0 Å². The summed E-state index contributed by atoms with van der Waals surface area (Å²) in [4.78, 5) is 6.30. The molecule has 1 aliphatic carbocycles. The summed E-state index contributed by atoms with van der Waals surface area (Å²) in [5.41, 5.74) is 6.34. The maximum Gasteiger partial charge on any atom is 0.0582 e. The van der Waals surface area contributed by atoms with E-state index in [9.17, 15) is 0 Å². The Kier molecular flexibility index (Phi) is 3.40. The molecule has 1 aromatic carbocycles. The number of hydrogen-bond donors (Lipinski definition) is 0. The van der Waals surface area contributed by atoms with E-state index < -0.39 is 0 Å². The lowest BCUT2D eigenvalue weighted by molar-refractivity contribution is 0.208.